The fourth-order valence-corrected chi connectivity index (χ4v) is 4.92. The van der Waals surface area contributed by atoms with Gasteiger partial charge < -0.3 is 9.47 Å². The minimum Gasteiger partial charge on any atom is -0.485 e. The third-order valence-corrected chi connectivity index (χ3v) is 6.88. The van der Waals surface area contributed by atoms with Gasteiger partial charge in [0.05, 0.1) is 16.7 Å². The molecule has 7 nitrogen and oxygen atoms in total. The fraction of sp³-hybridized carbons (Fsp3) is 0.0435. The maximum absolute atomic E-state index is 12.7. The number of nitriles is 1. The third-order valence-electron chi connectivity index (χ3n) is 4.39. The molecule has 166 valence electrons. The summed E-state index contributed by atoms with van der Waals surface area (Å²) >= 11 is 6.79. The van der Waals surface area contributed by atoms with Crippen molar-refractivity contribution in [2.24, 2.45) is 0 Å². The van der Waals surface area contributed by atoms with Gasteiger partial charge in [0.25, 0.3) is 10.0 Å². The second-order valence-electron chi connectivity index (χ2n) is 6.67. The van der Waals surface area contributed by atoms with Gasteiger partial charge in [-0.1, -0.05) is 65.4 Å². The van der Waals surface area contributed by atoms with Crippen molar-refractivity contribution in [1.82, 2.24) is 4.98 Å². The molecule has 0 atom stereocenters. The number of para-hydroxylation sites is 2. The zero-order chi connectivity index (χ0) is 23.3. The van der Waals surface area contributed by atoms with Gasteiger partial charge in [0, 0.05) is 0 Å². The summed E-state index contributed by atoms with van der Waals surface area (Å²) in [6.07, 6.45) is 1.35. The van der Waals surface area contributed by atoms with Crippen LogP contribution in [0.4, 0.5) is 5.13 Å². The molecule has 0 aliphatic heterocycles. The van der Waals surface area contributed by atoms with E-state index in [0.29, 0.717) is 22.4 Å². The number of nitrogens with zero attached hydrogens (tertiary/aromatic N) is 2. The number of anilines is 1. The molecule has 1 N–H and O–H groups in total. The Kier molecular flexibility index (Phi) is 6.79. The molecule has 0 saturated heterocycles. The molecule has 0 fully saturated rings. The van der Waals surface area contributed by atoms with Gasteiger partial charge >= 0.3 is 0 Å². The standard InChI is InChI=1S/C23H16ClN3O4S2/c24-22-14-26-23(32-22)27-33(28,29)18-10-11-19(17(12-18)13-25)31-21-9-5-4-8-20(21)30-15-16-6-2-1-3-7-16/h1-12,14H,15H2,(H,26,27). The van der Waals surface area contributed by atoms with Crippen LogP contribution in [0.2, 0.25) is 4.34 Å². The maximum Gasteiger partial charge on any atom is 0.263 e. The van der Waals surface area contributed by atoms with Crippen molar-refractivity contribution in [3.05, 3.63) is 94.5 Å². The molecule has 0 unspecified atom stereocenters. The van der Waals surface area contributed by atoms with E-state index in [2.05, 4.69) is 9.71 Å². The first-order valence-corrected chi connectivity index (χ1v) is 12.2. The van der Waals surface area contributed by atoms with Crippen molar-refractivity contribution in [2.45, 2.75) is 11.5 Å². The normalized spacial score (nSPS) is 10.9. The van der Waals surface area contributed by atoms with Crippen molar-refractivity contribution in [3.63, 3.8) is 0 Å². The molecule has 0 aliphatic carbocycles. The topological polar surface area (TPSA) is 101 Å². The predicted octanol–water partition coefficient (Wildman–Crippen LogP) is 5.84. The number of rotatable bonds is 8. The van der Waals surface area contributed by atoms with Gasteiger partial charge in [-0.25, -0.2) is 13.4 Å². The van der Waals surface area contributed by atoms with E-state index in [1.807, 2.05) is 42.5 Å². The molecule has 4 rings (SSSR count). The van der Waals surface area contributed by atoms with Crippen LogP contribution >= 0.6 is 22.9 Å². The molecule has 4 aromatic rings. The van der Waals surface area contributed by atoms with Crippen LogP contribution < -0.4 is 14.2 Å². The van der Waals surface area contributed by atoms with Crippen LogP contribution in [-0.2, 0) is 16.6 Å². The predicted molar refractivity (Wildman–Crippen MR) is 126 cm³/mol. The lowest BCUT2D eigenvalue weighted by atomic mass is 10.2. The SMILES string of the molecule is N#Cc1cc(S(=O)(=O)Nc2ncc(Cl)s2)ccc1Oc1ccccc1OCc1ccccc1. The zero-order valence-electron chi connectivity index (χ0n) is 16.9. The smallest absolute Gasteiger partial charge is 0.263 e. The van der Waals surface area contributed by atoms with Gasteiger partial charge in [-0.2, -0.15) is 5.26 Å². The number of aromatic nitrogens is 1. The van der Waals surface area contributed by atoms with Crippen LogP contribution in [0.5, 0.6) is 17.2 Å². The summed E-state index contributed by atoms with van der Waals surface area (Å²) in [7, 11) is -3.96. The second kappa shape index (κ2) is 9.92. The van der Waals surface area contributed by atoms with Gasteiger partial charge in [-0.05, 0) is 35.9 Å². The Labute approximate surface area is 199 Å². The van der Waals surface area contributed by atoms with E-state index in [1.54, 1.807) is 18.2 Å². The van der Waals surface area contributed by atoms with E-state index in [-0.39, 0.29) is 21.3 Å². The number of thiazole rings is 1. The summed E-state index contributed by atoms with van der Waals surface area (Å²) < 4.78 is 39.8. The highest BCUT2D eigenvalue weighted by atomic mass is 35.5. The highest BCUT2D eigenvalue weighted by Gasteiger charge is 2.19. The molecule has 1 heterocycles. The molecule has 0 bridgehead atoms. The number of ether oxygens (including phenoxy) is 2. The summed E-state index contributed by atoms with van der Waals surface area (Å²) in [6, 6.07) is 22.7. The largest absolute Gasteiger partial charge is 0.485 e. The van der Waals surface area contributed by atoms with Crippen molar-refractivity contribution in [1.29, 1.82) is 5.26 Å². The van der Waals surface area contributed by atoms with Crippen LogP contribution in [0.25, 0.3) is 0 Å². The Balaban J connectivity index is 1.55. The van der Waals surface area contributed by atoms with Gasteiger partial charge in [0.2, 0.25) is 0 Å². The first-order valence-electron chi connectivity index (χ1n) is 9.56. The van der Waals surface area contributed by atoms with Gasteiger partial charge in [-0.3, -0.25) is 4.72 Å². The highest BCUT2D eigenvalue weighted by molar-refractivity contribution is 7.93. The van der Waals surface area contributed by atoms with E-state index in [0.717, 1.165) is 16.9 Å². The lowest BCUT2D eigenvalue weighted by molar-refractivity contribution is 0.291. The second-order valence-corrected chi connectivity index (χ2v) is 10.0. The number of hydrogen-bond acceptors (Lipinski definition) is 7. The van der Waals surface area contributed by atoms with Crippen LogP contribution in [0.1, 0.15) is 11.1 Å². The van der Waals surface area contributed by atoms with Gasteiger partial charge in [0.15, 0.2) is 16.6 Å². The number of benzene rings is 3. The third kappa shape index (κ3) is 5.62. The van der Waals surface area contributed by atoms with E-state index in [4.69, 9.17) is 21.1 Å². The maximum atomic E-state index is 12.7. The summed E-state index contributed by atoms with van der Waals surface area (Å²) in [5, 5.41) is 9.72. The number of hydrogen-bond donors (Lipinski definition) is 1. The molecule has 33 heavy (non-hydrogen) atoms. The van der Waals surface area contributed by atoms with Gasteiger partial charge in [0.1, 0.15) is 22.8 Å². The summed E-state index contributed by atoms with van der Waals surface area (Å²) in [5.41, 5.74) is 1.04. The van der Waals surface area contributed by atoms with Crippen LogP contribution in [0.3, 0.4) is 0 Å². The Morgan fingerprint density at radius 1 is 1.00 bits per heavy atom. The molecular formula is C23H16ClN3O4S2. The highest BCUT2D eigenvalue weighted by Crippen LogP contribution is 2.34. The van der Waals surface area contributed by atoms with Crippen LogP contribution in [-0.4, -0.2) is 13.4 Å². The monoisotopic (exact) mass is 497 g/mol. The first-order chi connectivity index (χ1) is 15.9. The average Bonchev–Trinajstić information content (AvgIpc) is 3.23. The van der Waals surface area contributed by atoms with Crippen LogP contribution in [0.15, 0.2) is 83.9 Å². The molecular weight excluding hydrogens is 482 g/mol. The Bertz CT molecular complexity index is 1420. The van der Waals surface area contributed by atoms with E-state index < -0.39 is 10.0 Å². The first kappa shape index (κ1) is 22.6. The zero-order valence-corrected chi connectivity index (χ0v) is 19.3. The van der Waals surface area contributed by atoms with E-state index >= 15 is 0 Å². The van der Waals surface area contributed by atoms with Crippen molar-refractivity contribution >= 4 is 38.1 Å². The number of nitrogens with one attached hydrogen (secondary N) is 1. The van der Waals surface area contributed by atoms with Crippen LogP contribution in [0, 0.1) is 11.3 Å². The molecule has 0 amide bonds. The summed E-state index contributed by atoms with van der Waals surface area (Å²) in [6.45, 7) is 0.343. The van der Waals surface area contributed by atoms with E-state index in [1.165, 1.54) is 24.4 Å². The molecule has 0 spiro atoms. The average molecular weight is 498 g/mol. The molecule has 0 radical (unpaired) electrons. The quantitative estimate of drug-likeness (QED) is 0.328. The molecule has 0 saturated carbocycles. The fourth-order valence-electron chi connectivity index (χ4n) is 2.84. The Morgan fingerprint density at radius 3 is 2.42 bits per heavy atom. The van der Waals surface area contributed by atoms with Gasteiger partial charge in [-0.15, -0.1) is 0 Å². The lowest BCUT2D eigenvalue weighted by Gasteiger charge is -2.14. The van der Waals surface area contributed by atoms with Crippen molar-refractivity contribution < 1.29 is 17.9 Å². The van der Waals surface area contributed by atoms with Crippen molar-refractivity contribution in [2.75, 3.05) is 4.72 Å². The van der Waals surface area contributed by atoms with Crippen molar-refractivity contribution in [3.8, 4) is 23.3 Å². The molecule has 1 aromatic heterocycles. The molecule has 10 heteroatoms. The number of sulfonamides is 1. The summed E-state index contributed by atoms with van der Waals surface area (Å²) in [4.78, 5) is 3.78. The summed E-state index contributed by atoms with van der Waals surface area (Å²) in [5.74, 6) is 1.09. The minimum absolute atomic E-state index is 0.0490. The number of halogens is 1. The molecule has 3 aromatic carbocycles. The Morgan fingerprint density at radius 2 is 1.73 bits per heavy atom. The minimum atomic E-state index is -3.96. The Hall–Kier alpha value is -3.58. The lowest BCUT2D eigenvalue weighted by Crippen LogP contribution is -2.13. The molecule has 0 aliphatic rings. The van der Waals surface area contributed by atoms with E-state index in [9.17, 15) is 13.7 Å².